The Morgan fingerprint density at radius 3 is 2.24 bits per heavy atom. The molecule has 0 saturated carbocycles. The van der Waals surface area contributed by atoms with Gasteiger partial charge in [-0.05, 0) is 55.2 Å². The van der Waals surface area contributed by atoms with E-state index in [-0.39, 0.29) is 0 Å². The van der Waals surface area contributed by atoms with Crippen LogP contribution in [0.25, 0.3) is 0 Å². The summed E-state index contributed by atoms with van der Waals surface area (Å²) in [5, 5.41) is 13.1. The fraction of sp³-hybridized carbons (Fsp3) is 0.333. The summed E-state index contributed by atoms with van der Waals surface area (Å²) in [5.74, 6) is 0.316. The number of halogens is 1. The molecule has 0 aromatic heterocycles. The second-order valence-electron chi connectivity index (χ2n) is 5.45. The van der Waals surface area contributed by atoms with Gasteiger partial charge in [-0.3, -0.25) is 0 Å². The van der Waals surface area contributed by atoms with Gasteiger partial charge in [0.1, 0.15) is 5.75 Å². The summed E-state index contributed by atoms with van der Waals surface area (Å²) >= 11 is 3.46. The van der Waals surface area contributed by atoms with Gasteiger partial charge in [-0.1, -0.05) is 47.1 Å². The molecule has 2 nitrogen and oxygen atoms in total. The molecule has 2 rings (SSSR count). The Morgan fingerprint density at radius 1 is 1.05 bits per heavy atom. The van der Waals surface area contributed by atoms with E-state index in [1.54, 1.807) is 12.1 Å². The number of nitrogens with one attached hydrogen (secondary N) is 1. The lowest BCUT2D eigenvalue weighted by Crippen LogP contribution is -2.31. The molecule has 0 bridgehead atoms. The third kappa shape index (κ3) is 4.87. The van der Waals surface area contributed by atoms with Gasteiger partial charge in [0.15, 0.2) is 0 Å². The number of hydrogen-bond donors (Lipinski definition) is 2. The highest BCUT2D eigenvalue weighted by Crippen LogP contribution is 2.21. The molecular weight excluding hydrogens is 326 g/mol. The summed E-state index contributed by atoms with van der Waals surface area (Å²) in [7, 11) is 0. The van der Waals surface area contributed by atoms with Crippen molar-refractivity contribution in [2.45, 2.75) is 38.8 Å². The third-order valence-corrected chi connectivity index (χ3v) is 4.17. The van der Waals surface area contributed by atoms with Crippen LogP contribution >= 0.6 is 15.9 Å². The highest BCUT2D eigenvalue weighted by Gasteiger charge is 2.13. The smallest absolute Gasteiger partial charge is 0.115 e. The highest BCUT2D eigenvalue weighted by molar-refractivity contribution is 9.10. The Balaban J connectivity index is 1.97. The molecule has 2 aromatic carbocycles. The second kappa shape index (κ2) is 7.62. The molecule has 2 aromatic rings. The summed E-state index contributed by atoms with van der Waals surface area (Å²) in [4.78, 5) is 0. The maximum atomic E-state index is 9.39. The predicted molar refractivity (Wildman–Crippen MR) is 91.6 cm³/mol. The van der Waals surface area contributed by atoms with E-state index in [9.17, 15) is 5.11 Å². The molecule has 0 aliphatic heterocycles. The zero-order valence-corrected chi connectivity index (χ0v) is 14.1. The Morgan fingerprint density at radius 2 is 1.67 bits per heavy atom. The number of phenolic OH excluding ortho intramolecular Hbond substituents is 1. The van der Waals surface area contributed by atoms with E-state index in [2.05, 4.69) is 59.4 Å². The molecule has 0 amide bonds. The molecule has 0 aliphatic carbocycles. The third-order valence-electron chi connectivity index (χ3n) is 3.64. The van der Waals surface area contributed by atoms with Gasteiger partial charge in [-0.2, -0.15) is 0 Å². The van der Waals surface area contributed by atoms with Crippen molar-refractivity contribution in [2.24, 2.45) is 0 Å². The first-order chi connectivity index (χ1) is 10.1. The maximum absolute atomic E-state index is 9.39. The Bertz CT molecular complexity index is 550. The first-order valence-corrected chi connectivity index (χ1v) is 8.17. The van der Waals surface area contributed by atoms with Gasteiger partial charge in [0, 0.05) is 16.6 Å². The first kappa shape index (κ1) is 16.1. The Kier molecular flexibility index (Phi) is 5.83. The fourth-order valence-corrected chi connectivity index (χ4v) is 2.80. The SMILES string of the molecule is CCC(NC(C)Cc1ccc(Br)cc1)c1ccc(O)cc1. The van der Waals surface area contributed by atoms with Crippen LogP contribution in [0.1, 0.15) is 37.4 Å². The number of phenols is 1. The molecular formula is C18H22BrNO. The summed E-state index contributed by atoms with van der Waals surface area (Å²) < 4.78 is 1.11. The topological polar surface area (TPSA) is 32.3 Å². The predicted octanol–water partition coefficient (Wildman–Crippen LogP) is 4.83. The van der Waals surface area contributed by atoms with Gasteiger partial charge >= 0.3 is 0 Å². The van der Waals surface area contributed by atoms with Crippen molar-refractivity contribution in [3.05, 3.63) is 64.1 Å². The van der Waals surface area contributed by atoms with E-state index < -0.39 is 0 Å². The number of benzene rings is 2. The van der Waals surface area contributed by atoms with E-state index in [0.717, 1.165) is 17.3 Å². The van der Waals surface area contributed by atoms with Crippen molar-refractivity contribution in [3.63, 3.8) is 0 Å². The van der Waals surface area contributed by atoms with Crippen molar-refractivity contribution >= 4 is 15.9 Å². The van der Waals surface area contributed by atoms with Crippen molar-refractivity contribution in [3.8, 4) is 5.75 Å². The van der Waals surface area contributed by atoms with Gasteiger partial charge in [-0.15, -0.1) is 0 Å². The fourth-order valence-electron chi connectivity index (χ4n) is 2.53. The van der Waals surface area contributed by atoms with E-state index >= 15 is 0 Å². The molecule has 21 heavy (non-hydrogen) atoms. The molecule has 2 atom stereocenters. The molecule has 3 heteroatoms. The van der Waals surface area contributed by atoms with E-state index in [1.165, 1.54) is 11.1 Å². The van der Waals surface area contributed by atoms with Crippen LogP contribution in [0.3, 0.4) is 0 Å². The van der Waals surface area contributed by atoms with Crippen molar-refractivity contribution in [2.75, 3.05) is 0 Å². The largest absolute Gasteiger partial charge is 0.508 e. The van der Waals surface area contributed by atoms with E-state index in [4.69, 9.17) is 0 Å². The van der Waals surface area contributed by atoms with Gasteiger partial charge in [0.05, 0.1) is 0 Å². The van der Waals surface area contributed by atoms with Crippen LogP contribution in [0.2, 0.25) is 0 Å². The minimum absolute atomic E-state index is 0.316. The average Bonchev–Trinajstić information content (AvgIpc) is 2.48. The molecule has 0 spiro atoms. The molecule has 0 heterocycles. The van der Waals surface area contributed by atoms with Crippen LogP contribution in [0.4, 0.5) is 0 Å². The maximum Gasteiger partial charge on any atom is 0.115 e. The van der Waals surface area contributed by atoms with Crippen LogP contribution in [0.15, 0.2) is 53.0 Å². The van der Waals surface area contributed by atoms with E-state index in [1.807, 2.05) is 12.1 Å². The number of rotatable bonds is 6. The normalized spacial score (nSPS) is 13.9. The van der Waals surface area contributed by atoms with E-state index in [0.29, 0.717) is 17.8 Å². The van der Waals surface area contributed by atoms with Crippen LogP contribution in [0, 0.1) is 0 Å². The molecule has 0 radical (unpaired) electrons. The lowest BCUT2D eigenvalue weighted by Gasteiger charge is -2.23. The summed E-state index contributed by atoms with van der Waals surface area (Å²) in [6.07, 6.45) is 2.03. The zero-order chi connectivity index (χ0) is 15.2. The lowest BCUT2D eigenvalue weighted by molar-refractivity contribution is 0.441. The zero-order valence-electron chi connectivity index (χ0n) is 12.5. The Hall–Kier alpha value is -1.32. The molecule has 112 valence electrons. The number of aromatic hydroxyl groups is 1. The van der Waals surface area contributed by atoms with Crippen molar-refractivity contribution < 1.29 is 5.11 Å². The summed E-state index contributed by atoms with van der Waals surface area (Å²) in [6.45, 7) is 4.39. The first-order valence-electron chi connectivity index (χ1n) is 7.38. The standard InChI is InChI=1S/C18H22BrNO/c1-3-18(15-6-10-17(21)11-7-15)20-13(2)12-14-4-8-16(19)9-5-14/h4-11,13,18,20-21H,3,12H2,1-2H3. The second-order valence-corrected chi connectivity index (χ2v) is 6.37. The van der Waals surface area contributed by atoms with Crippen molar-refractivity contribution in [1.29, 1.82) is 0 Å². The highest BCUT2D eigenvalue weighted by atomic mass is 79.9. The number of hydrogen-bond acceptors (Lipinski definition) is 2. The lowest BCUT2D eigenvalue weighted by atomic mass is 10.0. The van der Waals surface area contributed by atoms with Crippen LogP contribution in [-0.4, -0.2) is 11.1 Å². The van der Waals surface area contributed by atoms with Crippen molar-refractivity contribution in [1.82, 2.24) is 5.32 Å². The molecule has 2 unspecified atom stereocenters. The quantitative estimate of drug-likeness (QED) is 0.784. The van der Waals surface area contributed by atoms with Crippen LogP contribution in [0.5, 0.6) is 5.75 Å². The molecule has 0 saturated heterocycles. The van der Waals surface area contributed by atoms with Gasteiger partial charge < -0.3 is 10.4 Å². The van der Waals surface area contributed by atoms with Gasteiger partial charge in [-0.25, -0.2) is 0 Å². The average molecular weight is 348 g/mol. The summed E-state index contributed by atoms with van der Waals surface area (Å²) in [6, 6.07) is 16.7. The molecule has 2 N–H and O–H groups in total. The minimum Gasteiger partial charge on any atom is -0.508 e. The summed E-state index contributed by atoms with van der Waals surface area (Å²) in [5.41, 5.74) is 2.55. The Labute approximate surface area is 135 Å². The monoisotopic (exact) mass is 347 g/mol. The van der Waals surface area contributed by atoms with Gasteiger partial charge in [0.25, 0.3) is 0 Å². The van der Waals surface area contributed by atoms with Crippen LogP contribution in [-0.2, 0) is 6.42 Å². The van der Waals surface area contributed by atoms with Crippen LogP contribution < -0.4 is 5.32 Å². The minimum atomic E-state index is 0.316. The van der Waals surface area contributed by atoms with Gasteiger partial charge in [0.2, 0.25) is 0 Å². The molecule has 0 fully saturated rings. The molecule has 0 aliphatic rings.